The van der Waals surface area contributed by atoms with Crippen LogP contribution >= 0.6 is 0 Å². The monoisotopic (exact) mass is 218 g/mol. The van der Waals surface area contributed by atoms with Crippen LogP contribution in [-0.4, -0.2) is 11.2 Å². The van der Waals surface area contributed by atoms with E-state index in [1.165, 1.54) is 36.0 Å². The van der Waals surface area contributed by atoms with Gasteiger partial charge in [0.25, 0.3) is 0 Å². The van der Waals surface area contributed by atoms with Crippen LogP contribution in [0.2, 0.25) is 0 Å². The molecule has 1 aliphatic rings. The molecule has 0 aliphatic heterocycles. The molecule has 1 unspecified atom stereocenters. The Bertz CT molecular complexity index is 374. The molecule has 1 heteroatoms. The Morgan fingerprint density at radius 2 is 1.88 bits per heavy atom. The van der Waals surface area contributed by atoms with Crippen molar-refractivity contribution >= 4 is 0 Å². The molecule has 1 N–H and O–H groups in total. The van der Waals surface area contributed by atoms with Crippen LogP contribution < -0.4 is 0 Å². The maximum absolute atomic E-state index is 10.1. The Balaban J connectivity index is 2.11. The first-order valence-electron chi connectivity index (χ1n) is 6.25. The summed E-state index contributed by atoms with van der Waals surface area (Å²) in [7, 11) is 0. The SMILES string of the molecule is CC(C)(C)C(O)Cc1ccc2c(c1)CCC2. The lowest BCUT2D eigenvalue weighted by Gasteiger charge is -2.26. The zero-order valence-corrected chi connectivity index (χ0v) is 10.6. The average molecular weight is 218 g/mol. The van der Waals surface area contributed by atoms with E-state index in [-0.39, 0.29) is 11.5 Å². The third-order valence-corrected chi connectivity index (χ3v) is 3.59. The summed E-state index contributed by atoms with van der Waals surface area (Å²) in [5, 5.41) is 10.1. The maximum atomic E-state index is 10.1. The van der Waals surface area contributed by atoms with Gasteiger partial charge in [-0.15, -0.1) is 0 Å². The molecule has 0 radical (unpaired) electrons. The molecule has 0 bridgehead atoms. The predicted octanol–water partition coefficient (Wildman–Crippen LogP) is 3.12. The van der Waals surface area contributed by atoms with Crippen LogP contribution in [0, 0.1) is 5.41 Å². The lowest BCUT2D eigenvalue weighted by molar-refractivity contribution is 0.0636. The van der Waals surface area contributed by atoms with Gasteiger partial charge in [0.1, 0.15) is 0 Å². The summed E-state index contributed by atoms with van der Waals surface area (Å²) in [4.78, 5) is 0. The summed E-state index contributed by atoms with van der Waals surface area (Å²) in [5.41, 5.74) is 4.26. The van der Waals surface area contributed by atoms with Crippen LogP contribution in [0.15, 0.2) is 18.2 Å². The molecule has 0 amide bonds. The van der Waals surface area contributed by atoms with Gasteiger partial charge in [-0.2, -0.15) is 0 Å². The molecule has 88 valence electrons. The predicted molar refractivity (Wildman–Crippen MR) is 67.6 cm³/mol. The van der Waals surface area contributed by atoms with E-state index in [9.17, 15) is 5.11 Å². The Labute approximate surface area is 98.5 Å². The van der Waals surface area contributed by atoms with Crippen LogP contribution in [0.5, 0.6) is 0 Å². The van der Waals surface area contributed by atoms with Gasteiger partial charge in [0.2, 0.25) is 0 Å². The fourth-order valence-corrected chi connectivity index (χ4v) is 2.28. The highest BCUT2D eigenvalue weighted by molar-refractivity contribution is 5.35. The zero-order chi connectivity index (χ0) is 11.8. The van der Waals surface area contributed by atoms with E-state index in [4.69, 9.17) is 0 Å². The molecule has 0 saturated heterocycles. The van der Waals surface area contributed by atoms with E-state index in [1.54, 1.807) is 0 Å². The van der Waals surface area contributed by atoms with Crippen LogP contribution in [0.1, 0.15) is 43.9 Å². The molecule has 0 saturated carbocycles. The maximum Gasteiger partial charge on any atom is 0.0628 e. The highest BCUT2D eigenvalue weighted by Crippen LogP contribution is 2.26. The largest absolute Gasteiger partial charge is 0.392 e. The molecule has 0 aromatic heterocycles. The minimum Gasteiger partial charge on any atom is -0.392 e. The summed E-state index contributed by atoms with van der Waals surface area (Å²) in [6.07, 6.45) is 4.26. The molecular formula is C15H22O. The standard InChI is InChI=1S/C15H22O/c1-15(2,3)14(16)10-11-7-8-12-5-4-6-13(12)9-11/h7-9,14,16H,4-6,10H2,1-3H3. The smallest absolute Gasteiger partial charge is 0.0628 e. The van der Waals surface area contributed by atoms with Gasteiger partial charge in [-0.25, -0.2) is 0 Å². The zero-order valence-electron chi connectivity index (χ0n) is 10.6. The second-order valence-electron chi connectivity index (χ2n) is 6.04. The van der Waals surface area contributed by atoms with Crippen molar-refractivity contribution < 1.29 is 5.11 Å². The van der Waals surface area contributed by atoms with E-state index in [0.717, 1.165) is 6.42 Å². The number of aliphatic hydroxyl groups excluding tert-OH is 1. The van der Waals surface area contributed by atoms with E-state index < -0.39 is 0 Å². The Hall–Kier alpha value is -0.820. The number of benzene rings is 1. The van der Waals surface area contributed by atoms with Crippen LogP contribution in [0.3, 0.4) is 0 Å². The minimum absolute atomic E-state index is 0.0288. The summed E-state index contributed by atoms with van der Waals surface area (Å²) in [6, 6.07) is 6.71. The molecule has 1 aromatic carbocycles. The summed E-state index contributed by atoms with van der Waals surface area (Å²) in [5.74, 6) is 0. The Morgan fingerprint density at radius 3 is 2.56 bits per heavy atom. The summed E-state index contributed by atoms with van der Waals surface area (Å²) in [6.45, 7) is 6.26. The number of hydrogen-bond acceptors (Lipinski definition) is 1. The highest BCUT2D eigenvalue weighted by Gasteiger charge is 2.22. The number of rotatable bonds is 2. The quantitative estimate of drug-likeness (QED) is 0.808. The highest BCUT2D eigenvalue weighted by atomic mass is 16.3. The van der Waals surface area contributed by atoms with E-state index >= 15 is 0 Å². The van der Waals surface area contributed by atoms with Crippen molar-refractivity contribution in [1.29, 1.82) is 0 Å². The van der Waals surface area contributed by atoms with Crippen LogP contribution in [0.25, 0.3) is 0 Å². The fraction of sp³-hybridized carbons (Fsp3) is 0.600. The van der Waals surface area contributed by atoms with E-state index in [2.05, 4.69) is 39.0 Å². The first kappa shape index (κ1) is 11.7. The lowest BCUT2D eigenvalue weighted by atomic mass is 9.85. The summed E-state index contributed by atoms with van der Waals surface area (Å²) >= 11 is 0. The van der Waals surface area contributed by atoms with Gasteiger partial charge in [-0.3, -0.25) is 0 Å². The Kier molecular flexibility index (Phi) is 3.07. The second kappa shape index (κ2) is 4.21. The first-order chi connectivity index (χ1) is 7.47. The third kappa shape index (κ3) is 2.46. The molecule has 1 nitrogen and oxygen atoms in total. The molecule has 1 atom stereocenters. The van der Waals surface area contributed by atoms with Gasteiger partial charge in [-0.1, -0.05) is 39.0 Å². The Morgan fingerprint density at radius 1 is 1.19 bits per heavy atom. The number of aryl methyl sites for hydroxylation is 2. The van der Waals surface area contributed by atoms with Gasteiger partial charge < -0.3 is 5.11 Å². The van der Waals surface area contributed by atoms with Gasteiger partial charge in [0.05, 0.1) is 6.10 Å². The van der Waals surface area contributed by atoms with Crippen molar-refractivity contribution in [2.75, 3.05) is 0 Å². The van der Waals surface area contributed by atoms with Crippen LogP contribution in [0.4, 0.5) is 0 Å². The minimum atomic E-state index is -0.257. The number of hydrogen-bond donors (Lipinski definition) is 1. The topological polar surface area (TPSA) is 20.2 Å². The molecule has 2 rings (SSSR count). The molecule has 16 heavy (non-hydrogen) atoms. The number of fused-ring (bicyclic) bond motifs is 1. The molecule has 0 spiro atoms. The van der Waals surface area contributed by atoms with Crippen molar-refractivity contribution in [2.24, 2.45) is 5.41 Å². The van der Waals surface area contributed by atoms with Gasteiger partial charge in [0.15, 0.2) is 0 Å². The van der Waals surface area contributed by atoms with Gasteiger partial charge in [-0.05, 0) is 47.8 Å². The van der Waals surface area contributed by atoms with Crippen molar-refractivity contribution in [3.63, 3.8) is 0 Å². The molecule has 0 heterocycles. The molecular weight excluding hydrogens is 196 g/mol. The van der Waals surface area contributed by atoms with Crippen molar-refractivity contribution in [3.8, 4) is 0 Å². The normalized spacial score (nSPS) is 17.2. The van der Waals surface area contributed by atoms with Crippen molar-refractivity contribution in [2.45, 2.75) is 52.6 Å². The average Bonchev–Trinajstić information content (AvgIpc) is 2.63. The molecule has 0 fully saturated rings. The molecule has 1 aliphatic carbocycles. The van der Waals surface area contributed by atoms with Crippen LogP contribution in [-0.2, 0) is 19.3 Å². The second-order valence-corrected chi connectivity index (χ2v) is 6.04. The van der Waals surface area contributed by atoms with Gasteiger partial charge in [0, 0.05) is 0 Å². The fourth-order valence-electron chi connectivity index (χ4n) is 2.28. The first-order valence-corrected chi connectivity index (χ1v) is 6.25. The van der Waals surface area contributed by atoms with Crippen molar-refractivity contribution in [3.05, 3.63) is 34.9 Å². The number of aliphatic hydroxyl groups is 1. The van der Waals surface area contributed by atoms with Crippen molar-refractivity contribution in [1.82, 2.24) is 0 Å². The van der Waals surface area contributed by atoms with E-state index in [0.29, 0.717) is 0 Å². The van der Waals surface area contributed by atoms with Gasteiger partial charge >= 0.3 is 0 Å². The summed E-state index contributed by atoms with van der Waals surface area (Å²) < 4.78 is 0. The lowest BCUT2D eigenvalue weighted by Crippen LogP contribution is -2.28. The van der Waals surface area contributed by atoms with E-state index in [1.807, 2.05) is 0 Å². The third-order valence-electron chi connectivity index (χ3n) is 3.59. The molecule has 1 aromatic rings.